The van der Waals surface area contributed by atoms with E-state index >= 15 is 4.79 Å². The largest absolute Gasteiger partial charge is 0.762 e. The minimum absolute atomic E-state index is 0.0182. The van der Waals surface area contributed by atoms with Crippen LogP contribution in [-0.4, -0.2) is 135 Å². The summed E-state index contributed by atoms with van der Waals surface area (Å²) in [5.74, 6) is -6.07. The van der Waals surface area contributed by atoms with Crippen LogP contribution in [0.5, 0.6) is 0 Å². The number of Topliss-reactive ketones (excluding diaryl/α,β-unsaturated/α-hetero) is 1. The SMILES string of the molecule is COC(=O)NC1C(C)OC(OC2CC=C(C)C3C=CC4C(OC5CC(O)C(OC(C)=O)C(C)O5)C(C)CC(C)C4C3(C)C(O)=C3C(=O)OC4(CC(C=O)=CC(O)C4C=C2C)C3=O)CC1(C)N([O-])O. The molecule has 1 amide bonds. The monoisotopic (exact) mass is 955 g/mol. The van der Waals surface area contributed by atoms with E-state index in [4.69, 9.17) is 33.2 Å². The van der Waals surface area contributed by atoms with E-state index in [0.29, 0.717) is 18.3 Å². The number of allylic oxidation sites excluding steroid dienone is 3. The molecule has 5 N–H and O–H groups in total. The molecule has 0 aromatic rings. The van der Waals surface area contributed by atoms with Crippen molar-refractivity contribution < 1.29 is 77.7 Å². The molecule has 3 aliphatic heterocycles. The maximum Gasteiger partial charge on any atom is 0.407 e. The molecular weight excluding hydrogens is 889 g/mol. The first-order valence-corrected chi connectivity index (χ1v) is 23.5. The van der Waals surface area contributed by atoms with E-state index in [0.717, 1.165) is 12.7 Å². The second-order valence-electron chi connectivity index (χ2n) is 20.5. The van der Waals surface area contributed by atoms with Crippen molar-refractivity contribution in [2.24, 2.45) is 40.9 Å². The standard InChI is InChI=1S/C49H67N2O17/c1-22-11-14-35(66-37-20-47(8,51(60)61)42(27(6)64-37)50-46(59)62-10)23(2)16-32-33(54)17-29(21-52)19-49(32)44(57)38(45(58)68-49)43(56)48(9)31(22)13-12-30-39(48)24(3)15-25(4)40(30)67-36-18-34(55)41(26(5)63-36)65-28(7)53/h11-13,16-17,21,24-27,30-37,39-42,54-56,60H,14-15,18-20H2,1-10H3,(H,50,59)/q-1. The number of carbonyl (C=O) groups excluding carboxylic acids is 5. The van der Waals surface area contributed by atoms with Crippen LogP contribution in [0.4, 0.5) is 4.79 Å². The molecule has 68 heavy (non-hydrogen) atoms. The molecule has 0 aromatic heterocycles. The van der Waals surface area contributed by atoms with Gasteiger partial charge in [-0.15, -0.1) is 0 Å². The number of nitrogens with one attached hydrogen (secondary N) is 1. The summed E-state index contributed by atoms with van der Waals surface area (Å²) >= 11 is 0. The zero-order chi connectivity index (χ0) is 49.9. The molecule has 4 aliphatic carbocycles. The van der Waals surface area contributed by atoms with Gasteiger partial charge in [0.05, 0.1) is 61.2 Å². The normalized spacial score (nSPS) is 44.0. The number of nitrogens with zero attached hydrogens (tertiary/aromatic N) is 1. The van der Waals surface area contributed by atoms with Gasteiger partial charge < -0.3 is 64.2 Å². The maximum absolute atomic E-state index is 15.2. The number of hydroxylamine groups is 2. The molecule has 7 rings (SSSR count). The first-order chi connectivity index (χ1) is 31.9. The number of aldehydes is 1. The van der Waals surface area contributed by atoms with Crippen molar-refractivity contribution in [3.05, 3.63) is 63.6 Å². The molecule has 3 saturated heterocycles. The summed E-state index contributed by atoms with van der Waals surface area (Å²) in [5.41, 5.74) is -4.56. The summed E-state index contributed by atoms with van der Waals surface area (Å²) in [6.45, 7) is 15.5. The van der Waals surface area contributed by atoms with Gasteiger partial charge in [0.1, 0.15) is 17.6 Å². The van der Waals surface area contributed by atoms with Crippen LogP contribution in [0.2, 0.25) is 0 Å². The highest BCUT2D eigenvalue weighted by molar-refractivity contribution is 6.26. The highest BCUT2D eigenvalue weighted by Gasteiger charge is 2.64. The number of alkyl carbamates (subject to hydrolysis) is 1. The van der Waals surface area contributed by atoms with Gasteiger partial charge in [0, 0.05) is 43.4 Å². The maximum atomic E-state index is 15.2. The van der Waals surface area contributed by atoms with Gasteiger partial charge in [-0.3, -0.25) is 19.6 Å². The van der Waals surface area contributed by atoms with Gasteiger partial charge in [-0.1, -0.05) is 50.6 Å². The summed E-state index contributed by atoms with van der Waals surface area (Å²) in [6, 6.07) is -1.04. The molecule has 376 valence electrons. The van der Waals surface area contributed by atoms with Crippen LogP contribution in [0.1, 0.15) is 94.4 Å². The number of carbonyl (C=O) groups is 5. The van der Waals surface area contributed by atoms with Gasteiger partial charge in [-0.05, 0) is 82.4 Å². The number of rotatable bonds is 8. The number of esters is 2. The zero-order valence-electron chi connectivity index (χ0n) is 40.3. The van der Waals surface area contributed by atoms with Gasteiger partial charge >= 0.3 is 18.0 Å². The van der Waals surface area contributed by atoms with Crippen molar-refractivity contribution in [1.82, 2.24) is 10.5 Å². The van der Waals surface area contributed by atoms with Crippen LogP contribution in [-0.2, 0) is 52.3 Å². The number of amides is 1. The first kappa shape index (κ1) is 51.5. The summed E-state index contributed by atoms with van der Waals surface area (Å²) in [7, 11) is 1.16. The molecule has 0 radical (unpaired) electrons. The zero-order valence-corrected chi connectivity index (χ0v) is 40.3. The Morgan fingerprint density at radius 2 is 1.65 bits per heavy atom. The summed E-state index contributed by atoms with van der Waals surface area (Å²) in [5, 5.41) is 61.3. The minimum atomic E-state index is -2.15. The number of ketones is 1. The van der Waals surface area contributed by atoms with Crippen molar-refractivity contribution >= 4 is 30.1 Å². The molecule has 0 aromatic carbocycles. The van der Waals surface area contributed by atoms with Gasteiger partial charge in [0.15, 0.2) is 24.3 Å². The first-order valence-electron chi connectivity index (χ1n) is 23.5. The molecule has 19 nitrogen and oxygen atoms in total. The highest BCUT2D eigenvalue weighted by Crippen LogP contribution is 2.61. The average molecular weight is 956 g/mol. The third-order valence-electron chi connectivity index (χ3n) is 16.0. The predicted octanol–water partition coefficient (Wildman–Crippen LogP) is 4.57. The number of fused-ring (bicyclic) bond motifs is 4. The molecule has 3 heterocycles. The Morgan fingerprint density at radius 1 is 0.956 bits per heavy atom. The molecule has 19 unspecified atom stereocenters. The summed E-state index contributed by atoms with van der Waals surface area (Å²) in [6.07, 6.45) is 0.0340. The molecule has 2 bridgehead atoms. The second-order valence-corrected chi connectivity index (χ2v) is 20.5. The van der Waals surface area contributed by atoms with E-state index < -0.39 is 143 Å². The van der Waals surface area contributed by atoms with Crippen molar-refractivity contribution in [3.8, 4) is 0 Å². The van der Waals surface area contributed by atoms with E-state index in [1.165, 1.54) is 19.9 Å². The van der Waals surface area contributed by atoms with Crippen LogP contribution in [0.3, 0.4) is 0 Å². The summed E-state index contributed by atoms with van der Waals surface area (Å²) < 4.78 is 42.1. The lowest BCUT2D eigenvalue weighted by Gasteiger charge is -2.56. The van der Waals surface area contributed by atoms with Crippen LogP contribution in [0, 0.1) is 46.1 Å². The Kier molecular flexibility index (Phi) is 14.8. The van der Waals surface area contributed by atoms with Crippen LogP contribution in [0.25, 0.3) is 0 Å². The second kappa shape index (κ2) is 19.5. The fourth-order valence-corrected chi connectivity index (χ4v) is 12.7. The van der Waals surface area contributed by atoms with Crippen molar-refractivity contribution in [2.45, 2.75) is 167 Å². The topological polar surface area (TPSA) is 269 Å². The van der Waals surface area contributed by atoms with Gasteiger partial charge in [-0.2, -0.15) is 0 Å². The molecule has 19 heteroatoms. The van der Waals surface area contributed by atoms with Crippen LogP contribution in [0.15, 0.2) is 58.4 Å². The van der Waals surface area contributed by atoms with Crippen molar-refractivity contribution in [3.63, 3.8) is 0 Å². The summed E-state index contributed by atoms with van der Waals surface area (Å²) in [4.78, 5) is 66.1. The quantitative estimate of drug-likeness (QED) is 0.0557. The Hall–Kier alpha value is -4.31. The average Bonchev–Trinajstić information content (AvgIpc) is 3.50. The minimum Gasteiger partial charge on any atom is -0.762 e. The van der Waals surface area contributed by atoms with Gasteiger partial charge in [0.2, 0.25) is 5.78 Å². The lowest BCUT2D eigenvalue weighted by atomic mass is 9.49. The molecule has 19 atom stereocenters. The van der Waals surface area contributed by atoms with E-state index in [1.807, 2.05) is 39.0 Å². The lowest BCUT2D eigenvalue weighted by molar-refractivity contribution is -0.280. The third-order valence-corrected chi connectivity index (χ3v) is 16.0. The number of methoxy groups -OCH3 is 1. The number of hydrogen-bond donors (Lipinski definition) is 5. The number of aliphatic hydroxyl groups is 3. The fraction of sp³-hybridized carbons (Fsp3) is 0.694. The number of ether oxygens (including phenoxy) is 7. The molecule has 4 fully saturated rings. The van der Waals surface area contributed by atoms with E-state index in [1.54, 1.807) is 26.8 Å². The van der Waals surface area contributed by atoms with Gasteiger partial charge in [0.25, 0.3) is 0 Å². The Balaban J connectivity index is 1.33. The van der Waals surface area contributed by atoms with Crippen molar-refractivity contribution in [1.29, 1.82) is 0 Å². The van der Waals surface area contributed by atoms with Gasteiger partial charge in [-0.25, -0.2) is 9.59 Å². The van der Waals surface area contributed by atoms with Crippen LogP contribution >= 0.6 is 0 Å². The smallest absolute Gasteiger partial charge is 0.407 e. The Labute approximate surface area is 396 Å². The third kappa shape index (κ3) is 9.02. The molecular formula is C49H67N2O17-. The van der Waals surface area contributed by atoms with Crippen LogP contribution < -0.4 is 5.32 Å². The van der Waals surface area contributed by atoms with Crippen molar-refractivity contribution in [2.75, 3.05) is 7.11 Å². The van der Waals surface area contributed by atoms with E-state index in [2.05, 4.69) is 12.2 Å². The lowest BCUT2D eigenvalue weighted by Crippen LogP contribution is -2.67. The molecule has 1 spiro atoms. The fourth-order valence-electron chi connectivity index (χ4n) is 12.7. The van der Waals surface area contributed by atoms with E-state index in [-0.39, 0.29) is 41.9 Å². The number of aliphatic hydroxyl groups excluding tert-OH is 3. The molecule has 7 aliphatic rings. The Bertz CT molecular complexity index is 2160. The number of hydrogen-bond acceptors (Lipinski definition) is 18. The van der Waals surface area contributed by atoms with E-state index in [9.17, 15) is 44.9 Å². The Morgan fingerprint density at radius 3 is 2.28 bits per heavy atom. The highest BCUT2D eigenvalue weighted by atomic mass is 16.8. The predicted molar refractivity (Wildman–Crippen MR) is 238 cm³/mol. The molecule has 1 saturated carbocycles.